The lowest BCUT2D eigenvalue weighted by atomic mass is 10.1. The molecule has 30 heavy (non-hydrogen) atoms. The number of carbonyl (C=O) groups is 1. The molecule has 0 bridgehead atoms. The lowest BCUT2D eigenvalue weighted by molar-refractivity contribution is 0.0717. The molecule has 0 saturated carbocycles. The smallest absolute Gasteiger partial charge is 0.365 e. The number of benzene rings is 2. The molecule has 1 heterocycles. The zero-order valence-corrected chi connectivity index (χ0v) is 17.5. The van der Waals surface area contributed by atoms with E-state index >= 15 is 0 Å². The van der Waals surface area contributed by atoms with Crippen molar-refractivity contribution in [3.05, 3.63) is 58.5 Å². The number of rotatable bonds is 9. The van der Waals surface area contributed by atoms with Crippen LogP contribution in [0.25, 0.3) is 10.8 Å². The number of aromatic nitrogens is 2. The van der Waals surface area contributed by atoms with Crippen LogP contribution in [0.3, 0.4) is 0 Å². The molecule has 0 radical (unpaired) electrons. The first-order valence-corrected chi connectivity index (χ1v) is 10.0. The van der Waals surface area contributed by atoms with Gasteiger partial charge in [-0.05, 0) is 24.6 Å². The van der Waals surface area contributed by atoms with Crippen molar-refractivity contribution in [2.45, 2.75) is 39.2 Å². The van der Waals surface area contributed by atoms with Crippen molar-refractivity contribution in [3.63, 3.8) is 0 Å². The Morgan fingerprint density at radius 3 is 2.23 bits per heavy atom. The second kappa shape index (κ2) is 9.91. The molecule has 0 saturated heterocycles. The summed E-state index contributed by atoms with van der Waals surface area (Å²) in [5, 5.41) is 5.24. The average molecular weight is 410 g/mol. The van der Waals surface area contributed by atoms with Gasteiger partial charge in [0.2, 0.25) is 5.75 Å². The Morgan fingerprint density at radius 2 is 1.60 bits per heavy atom. The highest BCUT2D eigenvalue weighted by atomic mass is 16.6. The summed E-state index contributed by atoms with van der Waals surface area (Å²) in [6.45, 7) is 2.57. The first-order valence-electron chi connectivity index (χ1n) is 10.0. The van der Waals surface area contributed by atoms with Crippen LogP contribution in [0, 0.1) is 0 Å². The van der Waals surface area contributed by atoms with E-state index in [0.717, 1.165) is 25.7 Å². The molecule has 7 nitrogen and oxygen atoms in total. The number of fused-ring (bicyclic) bond motifs is 1. The van der Waals surface area contributed by atoms with Crippen LogP contribution in [0.1, 0.15) is 43.1 Å². The van der Waals surface area contributed by atoms with Gasteiger partial charge in [0.05, 0.1) is 19.6 Å². The highest BCUT2D eigenvalue weighted by molar-refractivity contribution is 6.03. The lowest BCUT2D eigenvalue weighted by Crippen LogP contribution is -2.27. The fraction of sp³-hybridized carbons (Fsp3) is 0.348. The molecule has 0 aliphatic rings. The Balaban J connectivity index is 2.02. The van der Waals surface area contributed by atoms with Crippen molar-refractivity contribution in [1.82, 2.24) is 9.78 Å². The predicted molar refractivity (Wildman–Crippen MR) is 115 cm³/mol. The molecule has 0 aliphatic carbocycles. The lowest BCUT2D eigenvalue weighted by Gasteiger charge is -2.14. The molecule has 0 atom stereocenters. The van der Waals surface area contributed by atoms with Gasteiger partial charge in [0.1, 0.15) is 0 Å². The summed E-state index contributed by atoms with van der Waals surface area (Å²) in [4.78, 5) is 25.9. The van der Waals surface area contributed by atoms with Gasteiger partial charge in [-0.2, -0.15) is 5.10 Å². The second-order valence-corrected chi connectivity index (χ2v) is 6.86. The Morgan fingerprint density at radius 1 is 0.933 bits per heavy atom. The number of ether oxygens (including phenoxy) is 3. The SMILES string of the molecule is CCCCCCn1nc(C(=O)Oc2c(OC)cccc2OC)c2ccccc2c1=O. The molecule has 158 valence electrons. The fourth-order valence-corrected chi connectivity index (χ4v) is 3.28. The topological polar surface area (TPSA) is 79.7 Å². The van der Waals surface area contributed by atoms with Gasteiger partial charge >= 0.3 is 5.97 Å². The quantitative estimate of drug-likeness (QED) is 0.299. The molecule has 7 heteroatoms. The van der Waals surface area contributed by atoms with Gasteiger partial charge in [-0.3, -0.25) is 4.79 Å². The molecule has 1 aromatic heterocycles. The van der Waals surface area contributed by atoms with Crippen molar-refractivity contribution < 1.29 is 19.0 Å². The maximum Gasteiger partial charge on any atom is 0.365 e. The van der Waals surface area contributed by atoms with E-state index < -0.39 is 5.97 Å². The van der Waals surface area contributed by atoms with Crippen LogP contribution in [0.15, 0.2) is 47.3 Å². The number of esters is 1. The van der Waals surface area contributed by atoms with E-state index in [1.54, 1.807) is 42.5 Å². The van der Waals surface area contributed by atoms with Gasteiger partial charge in [-0.25, -0.2) is 9.48 Å². The molecule has 0 N–H and O–H groups in total. The normalized spacial score (nSPS) is 10.8. The van der Waals surface area contributed by atoms with Crippen LogP contribution in [0.2, 0.25) is 0 Å². The van der Waals surface area contributed by atoms with Crippen molar-refractivity contribution in [3.8, 4) is 17.2 Å². The maximum atomic E-state index is 13.1. The molecule has 3 rings (SSSR count). The van der Waals surface area contributed by atoms with Gasteiger partial charge in [-0.1, -0.05) is 50.5 Å². The van der Waals surface area contributed by atoms with E-state index in [1.807, 2.05) is 0 Å². The Kier molecular flexibility index (Phi) is 7.06. The highest BCUT2D eigenvalue weighted by Gasteiger charge is 2.22. The Hall–Kier alpha value is -3.35. The van der Waals surface area contributed by atoms with E-state index in [0.29, 0.717) is 28.8 Å². The van der Waals surface area contributed by atoms with Crippen LogP contribution in [0.5, 0.6) is 17.2 Å². The van der Waals surface area contributed by atoms with Crippen LogP contribution >= 0.6 is 0 Å². The highest BCUT2D eigenvalue weighted by Crippen LogP contribution is 2.37. The molecule has 0 amide bonds. The maximum absolute atomic E-state index is 13.1. The molecule has 0 spiro atoms. The first-order chi connectivity index (χ1) is 14.6. The Bertz CT molecular complexity index is 1070. The van der Waals surface area contributed by atoms with Crippen LogP contribution in [-0.2, 0) is 6.54 Å². The molecule has 0 fully saturated rings. The summed E-state index contributed by atoms with van der Waals surface area (Å²) in [5.74, 6) is 0.204. The summed E-state index contributed by atoms with van der Waals surface area (Å²) >= 11 is 0. The van der Waals surface area contributed by atoms with Crippen LogP contribution in [-0.4, -0.2) is 30.0 Å². The van der Waals surface area contributed by atoms with Crippen molar-refractivity contribution in [1.29, 1.82) is 0 Å². The molecular weight excluding hydrogens is 384 g/mol. The van der Waals surface area contributed by atoms with E-state index in [4.69, 9.17) is 14.2 Å². The predicted octanol–water partition coefficient (Wildman–Crippen LogP) is 4.21. The van der Waals surface area contributed by atoms with Gasteiger partial charge in [0.25, 0.3) is 5.56 Å². The minimum atomic E-state index is -0.684. The van der Waals surface area contributed by atoms with E-state index in [9.17, 15) is 9.59 Å². The molecule has 3 aromatic rings. The standard InChI is InChI=1S/C23H26N2O5/c1-4-5-6-9-15-25-22(26)17-12-8-7-11-16(17)20(24-25)23(27)30-21-18(28-2)13-10-14-19(21)29-3/h7-8,10-14H,4-6,9,15H2,1-3H3. The molecule has 0 unspecified atom stereocenters. The monoisotopic (exact) mass is 410 g/mol. The number of carbonyl (C=O) groups excluding carboxylic acids is 1. The molecule has 2 aromatic carbocycles. The minimum absolute atomic E-state index is 0.0775. The number of hydrogen-bond donors (Lipinski definition) is 0. The van der Waals surface area contributed by atoms with Gasteiger partial charge in [-0.15, -0.1) is 0 Å². The minimum Gasteiger partial charge on any atom is -0.493 e. The summed E-state index contributed by atoms with van der Waals surface area (Å²) in [6.07, 6.45) is 3.99. The third-order valence-corrected chi connectivity index (χ3v) is 4.86. The second-order valence-electron chi connectivity index (χ2n) is 6.86. The summed E-state index contributed by atoms with van der Waals surface area (Å²) in [7, 11) is 2.96. The zero-order chi connectivity index (χ0) is 21.5. The van der Waals surface area contributed by atoms with Crippen molar-refractivity contribution in [2.24, 2.45) is 0 Å². The van der Waals surface area contributed by atoms with E-state index in [2.05, 4.69) is 12.0 Å². The van der Waals surface area contributed by atoms with E-state index in [-0.39, 0.29) is 17.0 Å². The van der Waals surface area contributed by atoms with E-state index in [1.165, 1.54) is 18.9 Å². The molecule has 0 aliphatic heterocycles. The average Bonchev–Trinajstić information content (AvgIpc) is 2.78. The summed E-state index contributed by atoms with van der Waals surface area (Å²) in [5.41, 5.74) is -0.137. The number of aryl methyl sites for hydroxylation is 1. The summed E-state index contributed by atoms with van der Waals surface area (Å²) in [6, 6.07) is 12.0. The van der Waals surface area contributed by atoms with Crippen LogP contribution < -0.4 is 19.8 Å². The number of unbranched alkanes of at least 4 members (excludes halogenated alkanes) is 3. The number of nitrogens with zero attached hydrogens (tertiary/aromatic N) is 2. The molecular formula is C23H26N2O5. The van der Waals surface area contributed by atoms with Gasteiger partial charge in [0.15, 0.2) is 17.2 Å². The fourth-order valence-electron chi connectivity index (χ4n) is 3.28. The third-order valence-electron chi connectivity index (χ3n) is 4.86. The third kappa shape index (κ3) is 4.45. The largest absolute Gasteiger partial charge is 0.493 e. The van der Waals surface area contributed by atoms with Gasteiger partial charge < -0.3 is 14.2 Å². The van der Waals surface area contributed by atoms with Crippen molar-refractivity contribution >= 4 is 16.7 Å². The van der Waals surface area contributed by atoms with Gasteiger partial charge in [0, 0.05) is 11.9 Å². The first kappa shape index (κ1) is 21.4. The zero-order valence-electron chi connectivity index (χ0n) is 17.5. The summed E-state index contributed by atoms with van der Waals surface area (Å²) < 4.78 is 17.6. The number of hydrogen-bond acceptors (Lipinski definition) is 6. The number of methoxy groups -OCH3 is 2. The van der Waals surface area contributed by atoms with Crippen molar-refractivity contribution in [2.75, 3.05) is 14.2 Å². The Labute approximate surface area is 175 Å². The number of para-hydroxylation sites is 1. The van der Waals surface area contributed by atoms with Crippen LogP contribution in [0.4, 0.5) is 0 Å².